The van der Waals surface area contributed by atoms with E-state index < -0.39 is 23.9 Å². The number of aromatic nitrogens is 1. The molecule has 0 fully saturated rings. The first kappa shape index (κ1) is 12.1. The molecule has 0 aliphatic carbocycles. The van der Waals surface area contributed by atoms with Crippen LogP contribution in [0.4, 0.5) is 4.39 Å². The van der Waals surface area contributed by atoms with Crippen molar-refractivity contribution >= 4 is 11.9 Å². The lowest BCUT2D eigenvalue weighted by Gasteiger charge is -2.20. The second-order valence-electron chi connectivity index (χ2n) is 3.28. The van der Waals surface area contributed by atoms with Crippen molar-refractivity contribution in [2.45, 2.75) is 13.0 Å². The minimum absolute atomic E-state index is 0.115. The van der Waals surface area contributed by atoms with Gasteiger partial charge in [0.25, 0.3) is 5.91 Å². The summed E-state index contributed by atoms with van der Waals surface area (Å²) >= 11 is 0. The first-order valence-corrected chi connectivity index (χ1v) is 4.56. The summed E-state index contributed by atoms with van der Waals surface area (Å²) in [6.07, 6.45) is 0. The van der Waals surface area contributed by atoms with Gasteiger partial charge in [-0.15, -0.1) is 0 Å². The number of carboxylic acids is 1. The Kier molecular flexibility index (Phi) is 3.55. The molecule has 16 heavy (non-hydrogen) atoms. The van der Waals surface area contributed by atoms with E-state index in [9.17, 15) is 14.0 Å². The second-order valence-corrected chi connectivity index (χ2v) is 3.28. The van der Waals surface area contributed by atoms with Crippen LogP contribution in [0.5, 0.6) is 0 Å². The van der Waals surface area contributed by atoms with Gasteiger partial charge < -0.3 is 10.0 Å². The van der Waals surface area contributed by atoms with E-state index >= 15 is 0 Å². The number of aliphatic carboxylic acids is 1. The number of rotatable bonds is 3. The van der Waals surface area contributed by atoms with E-state index in [2.05, 4.69) is 4.98 Å². The molecule has 1 atom stereocenters. The van der Waals surface area contributed by atoms with Gasteiger partial charge in [0, 0.05) is 7.05 Å². The van der Waals surface area contributed by atoms with Crippen molar-refractivity contribution in [2.24, 2.45) is 0 Å². The summed E-state index contributed by atoms with van der Waals surface area (Å²) < 4.78 is 12.8. The number of halogens is 1. The third-order valence-corrected chi connectivity index (χ3v) is 2.19. The van der Waals surface area contributed by atoms with Gasteiger partial charge >= 0.3 is 5.97 Å². The Hall–Kier alpha value is -1.98. The Morgan fingerprint density at radius 2 is 2.12 bits per heavy atom. The fraction of sp³-hybridized carbons (Fsp3) is 0.300. The molecular weight excluding hydrogens is 215 g/mol. The van der Waals surface area contributed by atoms with Gasteiger partial charge in [-0.25, -0.2) is 9.78 Å². The standard InChI is InChI=1S/C10H11FN2O3/c1-6(10(15)16)13(2)9(14)7-4-3-5-8(11)12-7/h3-6H,1-2H3,(H,15,16). The molecule has 0 bridgehead atoms. The minimum Gasteiger partial charge on any atom is -0.480 e. The maximum atomic E-state index is 12.8. The lowest BCUT2D eigenvalue weighted by Crippen LogP contribution is -2.40. The summed E-state index contributed by atoms with van der Waals surface area (Å²) in [6.45, 7) is 1.36. The number of carbonyl (C=O) groups excluding carboxylic acids is 1. The van der Waals surface area contributed by atoms with Gasteiger partial charge in [0.1, 0.15) is 11.7 Å². The number of nitrogens with zero attached hydrogens (tertiary/aromatic N) is 2. The third-order valence-electron chi connectivity index (χ3n) is 2.19. The molecule has 0 saturated carbocycles. The van der Waals surface area contributed by atoms with Crippen LogP contribution in [0.3, 0.4) is 0 Å². The summed E-state index contributed by atoms with van der Waals surface area (Å²) in [7, 11) is 1.33. The molecule has 1 rings (SSSR count). The summed E-state index contributed by atoms with van der Waals surface area (Å²) in [5, 5.41) is 8.71. The maximum absolute atomic E-state index is 12.8. The number of pyridine rings is 1. The van der Waals surface area contributed by atoms with Gasteiger partial charge in [-0.2, -0.15) is 4.39 Å². The summed E-state index contributed by atoms with van der Waals surface area (Å²) in [4.78, 5) is 26.7. The van der Waals surface area contributed by atoms with E-state index in [4.69, 9.17) is 5.11 Å². The topological polar surface area (TPSA) is 70.5 Å². The zero-order chi connectivity index (χ0) is 12.3. The Morgan fingerprint density at radius 3 is 2.62 bits per heavy atom. The molecule has 1 amide bonds. The highest BCUT2D eigenvalue weighted by molar-refractivity contribution is 5.94. The van der Waals surface area contributed by atoms with Crippen molar-refractivity contribution in [3.05, 3.63) is 29.8 Å². The van der Waals surface area contributed by atoms with Crippen molar-refractivity contribution in [3.63, 3.8) is 0 Å². The summed E-state index contributed by atoms with van der Waals surface area (Å²) in [5.74, 6) is -2.54. The van der Waals surface area contributed by atoms with E-state index in [0.717, 1.165) is 11.0 Å². The number of hydrogen-bond donors (Lipinski definition) is 1. The molecule has 5 nitrogen and oxygen atoms in total. The molecule has 0 saturated heterocycles. The highest BCUT2D eigenvalue weighted by Gasteiger charge is 2.23. The van der Waals surface area contributed by atoms with E-state index in [1.165, 1.54) is 26.1 Å². The fourth-order valence-corrected chi connectivity index (χ4v) is 1.05. The first-order chi connectivity index (χ1) is 7.43. The Balaban J connectivity index is 2.90. The first-order valence-electron chi connectivity index (χ1n) is 4.56. The molecule has 0 aromatic carbocycles. The van der Waals surface area contributed by atoms with E-state index in [1.54, 1.807) is 0 Å². The van der Waals surface area contributed by atoms with E-state index in [1.807, 2.05) is 0 Å². The van der Waals surface area contributed by atoms with Gasteiger partial charge in [-0.05, 0) is 19.1 Å². The Morgan fingerprint density at radius 1 is 1.50 bits per heavy atom. The van der Waals surface area contributed by atoms with Gasteiger partial charge in [0.15, 0.2) is 0 Å². The summed E-state index contributed by atoms with van der Waals surface area (Å²) in [6, 6.07) is 2.79. The van der Waals surface area contributed by atoms with Gasteiger partial charge in [0.05, 0.1) is 0 Å². The van der Waals surface area contributed by atoms with Crippen molar-refractivity contribution in [3.8, 4) is 0 Å². The fourth-order valence-electron chi connectivity index (χ4n) is 1.05. The van der Waals surface area contributed by atoms with Crippen LogP contribution in [0.2, 0.25) is 0 Å². The van der Waals surface area contributed by atoms with Crippen molar-refractivity contribution in [1.29, 1.82) is 0 Å². The SMILES string of the molecule is CC(C(=O)O)N(C)C(=O)c1cccc(F)n1. The van der Waals surface area contributed by atoms with Crippen LogP contribution < -0.4 is 0 Å². The molecule has 0 aliphatic heterocycles. The van der Waals surface area contributed by atoms with E-state index in [-0.39, 0.29) is 5.69 Å². The Labute approximate surface area is 91.5 Å². The molecule has 1 aromatic rings. The quantitative estimate of drug-likeness (QED) is 0.772. The van der Waals surface area contributed by atoms with Crippen LogP contribution in [0.1, 0.15) is 17.4 Å². The molecule has 0 aliphatic rings. The van der Waals surface area contributed by atoms with Crippen LogP contribution in [0.15, 0.2) is 18.2 Å². The predicted octanol–water partition coefficient (Wildman–Crippen LogP) is 0.766. The smallest absolute Gasteiger partial charge is 0.326 e. The number of carbonyl (C=O) groups is 2. The normalized spacial score (nSPS) is 11.9. The van der Waals surface area contributed by atoms with Crippen LogP contribution in [0, 0.1) is 5.95 Å². The van der Waals surface area contributed by atoms with Crippen LogP contribution in [-0.2, 0) is 4.79 Å². The van der Waals surface area contributed by atoms with Crippen LogP contribution in [0.25, 0.3) is 0 Å². The molecule has 1 aromatic heterocycles. The van der Waals surface area contributed by atoms with Crippen molar-refractivity contribution < 1.29 is 19.1 Å². The predicted molar refractivity (Wildman–Crippen MR) is 53.4 cm³/mol. The monoisotopic (exact) mass is 226 g/mol. The van der Waals surface area contributed by atoms with Crippen LogP contribution >= 0.6 is 0 Å². The van der Waals surface area contributed by atoms with Crippen molar-refractivity contribution in [2.75, 3.05) is 7.05 Å². The van der Waals surface area contributed by atoms with Gasteiger partial charge in [-0.1, -0.05) is 6.07 Å². The van der Waals surface area contributed by atoms with Crippen LogP contribution in [-0.4, -0.2) is 40.0 Å². The second kappa shape index (κ2) is 4.69. The maximum Gasteiger partial charge on any atom is 0.326 e. The molecule has 0 spiro atoms. The largest absolute Gasteiger partial charge is 0.480 e. The summed E-state index contributed by atoms with van der Waals surface area (Å²) in [5.41, 5.74) is -0.115. The molecular formula is C10H11FN2O3. The lowest BCUT2D eigenvalue weighted by molar-refractivity contribution is -0.141. The van der Waals surface area contributed by atoms with E-state index in [0.29, 0.717) is 0 Å². The average molecular weight is 226 g/mol. The molecule has 1 heterocycles. The number of likely N-dealkylation sites (N-methyl/N-ethyl adjacent to an activating group) is 1. The molecule has 6 heteroatoms. The lowest BCUT2D eigenvalue weighted by atomic mass is 10.2. The molecule has 86 valence electrons. The third kappa shape index (κ3) is 2.53. The average Bonchev–Trinajstić information content (AvgIpc) is 2.26. The number of hydrogen-bond acceptors (Lipinski definition) is 3. The highest BCUT2D eigenvalue weighted by atomic mass is 19.1. The zero-order valence-corrected chi connectivity index (χ0v) is 8.85. The molecule has 1 N–H and O–H groups in total. The number of amides is 1. The Bertz CT molecular complexity index is 422. The highest BCUT2D eigenvalue weighted by Crippen LogP contribution is 2.05. The minimum atomic E-state index is -1.13. The number of carboxylic acid groups (broad SMARTS) is 1. The van der Waals surface area contributed by atoms with Crippen molar-refractivity contribution in [1.82, 2.24) is 9.88 Å². The zero-order valence-electron chi connectivity index (χ0n) is 8.85. The molecule has 0 radical (unpaired) electrons. The van der Waals surface area contributed by atoms with Gasteiger partial charge in [0.2, 0.25) is 5.95 Å². The van der Waals surface area contributed by atoms with Gasteiger partial charge in [-0.3, -0.25) is 4.79 Å². The molecule has 1 unspecified atom stereocenters.